The van der Waals surface area contributed by atoms with E-state index in [-0.39, 0.29) is 5.91 Å². The summed E-state index contributed by atoms with van der Waals surface area (Å²) in [4.78, 5) is 22.9. The van der Waals surface area contributed by atoms with Gasteiger partial charge in [-0.05, 0) is 35.7 Å². The molecule has 0 radical (unpaired) electrons. The Morgan fingerprint density at radius 3 is 2.90 bits per heavy atom. The van der Waals surface area contributed by atoms with Crippen LogP contribution in [-0.2, 0) is 22.6 Å². The van der Waals surface area contributed by atoms with Crippen molar-refractivity contribution in [1.29, 1.82) is 0 Å². The number of ether oxygens (including phenoxy) is 1. The number of hydrogen-bond donors (Lipinski definition) is 2. The molecule has 0 unspecified atom stereocenters. The van der Waals surface area contributed by atoms with Gasteiger partial charge in [-0.3, -0.25) is 9.69 Å². The number of nitrogens with zero attached hydrogens (tertiary/aromatic N) is 3. The van der Waals surface area contributed by atoms with Crippen molar-refractivity contribution in [3.05, 3.63) is 60.6 Å². The number of para-hydroxylation sites is 1. The van der Waals surface area contributed by atoms with Gasteiger partial charge < -0.3 is 19.6 Å². The molecule has 2 N–H and O–H groups in total. The second-order valence-corrected chi connectivity index (χ2v) is 7.67. The number of aromatic amines is 1. The maximum absolute atomic E-state index is 12.5. The summed E-state index contributed by atoms with van der Waals surface area (Å²) in [7, 11) is 0. The molecule has 2 aromatic heterocycles. The number of H-pyrrole nitrogens is 1. The van der Waals surface area contributed by atoms with Crippen LogP contribution in [0.3, 0.4) is 0 Å². The van der Waals surface area contributed by atoms with Crippen molar-refractivity contribution < 1.29 is 9.53 Å². The molecule has 1 saturated heterocycles. The molecule has 1 fully saturated rings. The van der Waals surface area contributed by atoms with Crippen molar-refractivity contribution in [3.8, 4) is 0 Å². The predicted octanol–water partition coefficient (Wildman–Crippen LogP) is 3.38. The molecule has 1 aliphatic heterocycles. The second kappa shape index (κ2) is 8.30. The summed E-state index contributed by atoms with van der Waals surface area (Å²) < 4.78 is 7.52. The van der Waals surface area contributed by atoms with Crippen LogP contribution in [0.15, 0.2) is 54.7 Å². The third-order valence-electron chi connectivity index (χ3n) is 5.55. The number of nitrogens with one attached hydrogen (secondary N) is 2. The van der Waals surface area contributed by atoms with Gasteiger partial charge in [0, 0.05) is 43.5 Å². The highest BCUT2D eigenvalue weighted by molar-refractivity contribution is 5.93. The van der Waals surface area contributed by atoms with Gasteiger partial charge in [-0.2, -0.15) is 0 Å². The van der Waals surface area contributed by atoms with E-state index in [0.717, 1.165) is 60.9 Å². The maximum Gasteiger partial charge on any atom is 0.226 e. The van der Waals surface area contributed by atoms with Crippen LogP contribution in [0.25, 0.3) is 21.9 Å². The van der Waals surface area contributed by atoms with E-state index in [0.29, 0.717) is 13.0 Å². The Bertz CT molecular complexity index is 1170. The number of rotatable bonds is 6. The van der Waals surface area contributed by atoms with Gasteiger partial charge in [-0.15, -0.1) is 0 Å². The molecule has 4 aromatic rings. The molecule has 0 bridgehead atoms. The standard InChI is InChI=1S/C23H25N5O2/c29-23(8-10-28-9-7-17-3-1-2-4-21(17)28)24-18-5-6-19-20(15-18)26-22(25-19)16-27-11-13-30-14-12-27/h1-7,9,15H,8,10-14,16H2,(H,24,29)(H,25,26). The van der Waals surface area contributed by atoms with Gasteiger partial charge in [0.05, 0.1) is 30.8 Å². The van der Waals surface area contributed by atoms with Crippen LogP contribution < -0.4 is 5.32 Å². The predicted molar refractivity (Wildman–Crippen MR) is 117 cm³/mol. The van der Waals surface area contributed by atoms with Crippen molar-refractivity contribution >= 4 is 33.5 Å². The molecular weight excluding hydrogens is 378 g/mol. The summed E-state index contributed by atoms with van der Waals surface area (Å²) in [5.74, 6) is 0.940. The van der Waals surface area contributed by atoms with Gasteiger partial charge >= 0.3 is 0 Å². The minimum atomic E-state index is 0.000173. The van der Waals surface area contributed by atoms with Crippen LogP contribution in [0.2, 0.25) is 0 Å². The lowest BCUT2D eigenvalue weighted by Gasteiger charge is -2.25. The van der Waals surface area contributed by atoms with Gasteiger partial charge in [0.2, 0.25) is 5.91 Å². The van der Waals surface area contributed by atoms with E-state index in [4.69, 9.17) is 4.74 Å². The molecule has 0 atom stereocenters. The first-order valence-corrected chi connectivity index (χ1v) is 10.4. The molecule has 0 aliphatic carbocycles. The first kappa shape index (κ1) is 18.8. The van der Waals surface area contributed by atoms with Gasteiger partial charge in [-0.25, -0.2) is 4.98 Å². The van der Waals surface area contributed by atoms with Crippen molar-refractivity contribution in [2.45, 2.75) is 19.5 Å². The molecular formula is C23H25N5O2. The molecule has 7 heteroatoms. The van der Waals surface area contributed by atoms with E-state index in [1.54, 1.807) is 0 Å². The van der Waals surface area contributed by atoms with Gasteiger partial charge in [-0.1, -0.05) is 18.2 Å². The minimum absolute atomic E-state index is 0.000173. The molecule has 154 valence electrons. The Morgan fingerprint density at radius 2 is 2.00 bits per heavy atom. The molecule has 5 rings (SSSR count). The summed E-state index contributed by atoms with van der Waals surface area (Å²) in [6.07, 6.45) is 2.45. The smallest absolute Gasteiger partial charge is 0.226 e. The highest BCUT2D eigenvalue weighted by Crippen LogP contribution is 2.19. The number of imidazole rings is 1. The van der Waals surface area contributed by atoms with E-state index >= 15 is 0 Å². The maximum atomic E-state index is 12.5. The number of aromatic nitrogens is 3. The van der Waals surface area contributed by atoms with Crippen molar-refractivity contribution in [2.75, 3.05) is 31.6 Å². The van der Waals surface area contributed by atoms with E-state index in [9.17, 15) is 4.79 Å². The fraction of sp³-hybridized carbons (Fsp3) is 0.304. The fourth-order valence-corrected chi connectivity index (χ4v) is 3.97. The Labute approximate surface area is 174 Å². The van der Waals surface area contributed by atoms with E-state index < -0.39 is 0 Å². The topological polar surface area (TPSA) is 75.2 Å². The van der Waals surface area contributed by atoms with E-state index in [1.807, 2.05) is 36.5 Å². The highest BCUT2D eigenvalue weighted by Gasteiger charge is 2.13. The summed E-state index contributed by atoms with van der Waals surface area (Å²) in [5, 5.41) is 4.20. The first-order valence-electron chi connectivity index (χ1n) is 10.4. The zero-order valence-corrected chi connectivity index (χ0v) is 16.8. The van der Waals surface area contributed by atoms with Crippen molar-refractivity contribution in [3.63, 3.8) is 0 Å². The molecule has 7 nitrogen and oxygen atoms in total. The van der Waals surface area contributed by atoms with Gasteiger partial charge in [0.25, 0.3) is 0 Å². The summed E-state index contributed by atoms with van der Waals surface area (Å²) in [6, 6.07) is 16.1. The molecule has 1 aliphatic rings. The van der Waals surface area contributed by atoms with Gasteiger partial charge in [0.1, 0.15) is 5.82 Å². The molecule has 0 spiro atoms. The average Bonchev–Trinajstić information content (AvgIpc) is 3.36. The zero-order valence-electron chi connectivity index (χ0n) is 16.8. The van der Waals surface area contributed by atoms with Gasteiger partial charge in [0.15, 0.2) is 0 Å². The lowest BCUT2D eigenvalue weighted by molar-refractivity contribution is -0.116. The van der Waals surface area contributed by atoms with Crippen LogP contribution in [0, 0.1) is 0 Å². The van der Waals surface area contributed by atoms with Crippen LogP contribution in [0.5, 0.6) is 0 Å². The number of hydrogen-bond acceptors (Lipinski definition) is 4. The minimum Gasteiger partial charge on any atom is -0.379 e. The zero-order chi connectivity index (χ0) is 20.3. The summed E-state index contributed by atoms with van der Waals surface area (Å²) >= 11 is 0. The van der Waals surface area contributed by atoms with Crippen molar-refractivity contribution in [1.82, 2.24) is 19.4 Å². The monoisotopic (exact) mass is 403 g/mol. The average molecular weight is 403 g/mol. The SMILES string of the molecule is O=C(CCn1ccc2ccccc21)Nc1ccc2nc(CN3CCOCC3)[nH]c2c1. The number of aryl methyl sites for hydroxylation is 1. The number of carbonyl (C=O) groups excluding carboxylic acids is 1. The van der Waals surface area contributed by atoms with Crippen molar-refractivity contribution in [2.24, 2.45) is 0 Å². The fourth-order valence-electron chi connectivity index (χ4n) is 3.97. The van der Waals surface area contributed by atoms with E-state index in [2.05, 4.69) is 43.0 Å². The normalized spacial score (nSPS) is 15.1. The second-order valence-electron chi connectivity index (χ2n) is 7.67. The van der Waals surface area contributed by atoms with Crippen LogP contribution in [0.4, 0.5) is 5.69 Å². The Kier molecular flexibility index (Phi) is 5.21. The number of benzene rings is 2. The molecule has 3 heterocycles. The van der Waals surface area contributed by atoms with E-state index in [1.165, 1.54) is 5.39 Å². The summed E-state index contributed by atoms with van der Waals surface area (Å²) in [6.45, 7) is 4.83. The van der Waals surface area contributed by atoms with Crippen LogP contribution >= 0.6 is 0 Å². The number of carbonyl (C=O) groups is 1. The molecule has 0 saturated carbocycles. The highest BCUT2D eigenvalue weighted by atomic mass is 16.5. The Morgan fingerprint density at radius 1 is 1.13 bits per heavy atom. The number of morpholine rings is 1. The largest absolute Gasteiger partial charge is 0.379 e. The number of anilines is 1. The van der Waals surface area contributed by atoms with Crippen LogP contribution in [0.1, 0.15) is 12.2 Å². The molecule has 30 heavy (non-hydrogen) atoms. The Hall–Kier alpha value is -3.16. The summed E-state index contributed by atoms with van der Waals surface area (Å²) in [5.41, 5.74) is 3.78. The molecule has 1 amide bonds. The number of fused-ring (bicyclic) bond motifs is 2. The quantitative estimate of drug-likeness (QED) is 0.518. The van der Waals surface area contributed by atoms with Crippen LogP contribution in [-0.4, -0.2) is 51.6 Å². The third-order valence-corrected chi connectivity index (χ3v) is 5.55. The molecule has 2 aromatic carbocycles. The Balaban J connectivity index is 1.21. The lowest BCUT2D eigenvalue weighted by Crippen LogP contribution is -2.35. The third kappa shape index (κ3) is 4.08. The first-order chi connectivity index (χ1) is 14.7. The lowest BCUT2D eigenvalue weighted by atomic mass is 10.2. The number of amides is 1.